The summed E-state index contributed by atoms with van der Waals surface area (Å²) in [5.41, 5.74) is 10.4. The van der Waals surface area contributed by atoms with E-state index in [2.05, 4.69) is 14.2 Å². The molecule has 0 spiro atoms. The molecule has 7 nitrogen and oxygen atoms in total. The highest BCUT2D eigenvalue weighted by Crippen LogP contribution is 2.16. The van der Waals surface area contributed by atoms with Gasteiger partial charge < -0.3 is 10.3 Å². The van der Waals surface area contributed by atoms with Gasteiger partial charge in [0.25, 0.3) is 5.52 Å². The Hall–Kier alpha value is -2.29. The zero-order valence-electron chi connectivity index (χ0n) is 11.8. The van der Waals surface area contributed by atoms with Crippen molar-refractivity contribution in [3.63, 3.8) is 0 Å². The number of hydrogen-bond donors (Lipinski definition) is 1. The molecule has 0 fully saturated rings. The molecule has 0 aliphatic carbocycles. The van der Waals surface area contributed by atoms with Gasteiger partial charge in [0, 0.05) is 6.07 Å². The molecular formula is C14H15N3O4S. The topological polar surface area (TPSA) is 119 Å². The van der Waals surface area contributed by atoms with E-state index in [0.717, 1.165) is 27.8 Å². The number of H-pyrrole nitrogens is 1. The SMILES string of the molecule is CCOS(=O)(=O)[O-].Nc1cccc2nc3ccccc3[nH+]c12. The first-order chi connectivity index (χ1) is 10.4. The molecule has 0 aliphatic heterocycles. The van der Waals surface area contributed by atoms with E-state index < -0.39 is 10.4 Å². The molecule has 0 unspecified atom stereocenters. The van der Waals surface area contributed by atoms with Gasteiger partial charge in [-0.3, -0.25) is 4.18 Å². The Kier molecular flexibility index (Phi) is 4.86. The molecule has 116 valence electrons. The Balaban J connectivity index is 0.000000217. The van der Waals surface area contributed by atoms with E-state index in [1.54, 1.807) is 0 Å². The van der Waals surface area contributed by atoms with Gasteiger partial charge >= 0.3 is 0 Å². The maximum atomic E-state index is 9.45. The number of hydrogen-bond acceptors (Lipinski definition) is 6. The number of nitrogens with zero attached hydrogens (tertiary/aromatic N) is 1. The van der Waals surface area contributed by atoms with Gasteiger partial charge in [-0.05, 0) is 25.1 Å². The molecule has 1 heterocycles. The predicted octanol–water partition coefficient (Wildman–Crippen LogP) is 1.27. The third kappa shape index (κ3) is 4.10. The molecule has 0 saturated heterocycles. The van der Waals surface area contributed by atoms with Crippen LogP contribution in [0.15, 0.2) is 42.5 Å². The first-order valence-corrected chi connectivity index (χ1v) is 7.80. The molecule has 1 aromatic heterocycles. The Labute approximate surface area is 127 Å². The summed E-state index contributed by atoms with van der Waals surface area (Å²) in [5.74, 6) is 0. The van der Waals surface area contributed by atoms with Crippen molar-refractivity contribution >= 4 is 38.2 Å². The normalized spacial score (nSPS) is 11.2. The summed E-state index contributed by atoms with van der Waals surface area (Å²) in [5, 5.41) is 0. The molecule has 3 aromatic rings. The Morgan fingerprint density at radius 2 is 1.86 bits per heavy atom. The van der Waals surface area contributed by atoms with E-state index in [4.69, 9.17) is 5.73 Å². The smallest absolute Gasteiger partial charge is 0.253 e. The van der Waals surface area contributed by atoms with Crippen molar-refractivity contribution in [3.05, 3.63) is 42.5 Å². The molecule has 0 radical (unpaired) electrons. The van der Waals surface area contributed by atoms with Crippen LogP contribution in [-0.4, -0.2) is 24.6 Å². The van der Waals surface area contributed by atoms with Crippen LogP contribution in [0.2, 0.25) is 0 Å². The van der Waals surface area contributed by atoms with Gasteiger partial charge in [0.05, 0.1) is 6.61 Å². The molecule has 8 heteroatoms. The lowest BCUT2D eigenvalue weighted by atomic mass is 10.2. The Bertz CT molecular complexity index is 897. The standard InChI is InChI=1S/C12H9N3.C2H6O4S/c13-8-4-3-7-11-12(8)15-10-6-2-1-5-9(10)14-11;1-2-6-7(3,4)5/h1-7H,13H2;2H2,1H3,(H,3,4,5). The second-order valence-electron chi connectivity index (χ2n) is 4.31. The average Bonchev–Trinajstić information content (AvgIpc) is 2.45. The Morgan fingerprint density at radius 1 is 1.18 bits per heavy atom. The minimum Gasteiger partial charge on any atom is -0.726 e. The summed E-state index contributed by atoms with van der Waals surface area (Å²) in [6.45, 7) is 1.33. The fourth-order valence-electron chi connectivity index (χ4n) is 1.87. The molecule has 0 amide bonds. The molecule has 0 atom stereocenters. The molecule has 0 aliphatic rings. The highest BCUT2D eigenvalue weighted by Gasteiger charge is 2.08. The number of fused-ring (bicyclic) bond motifs is 2. The largest absolute Gasteiger partial charge is 0.726 e. The van der Waals surface area contributed by atoms with Gasteiger partial charge in [-0.1, -0.05) is 18.2 Å². The quantitative estimate of drug-likeness (QED) is 0.328. The van der Waals surface area contributed by atoms with Crippen molar-refractivity contribution in [2.45, 2.75) is 6.92 Å². The summed E-state index contributed by atoms with van der Waals surface area (Å²) >= 11 is 0. The lowest BCUT2D eigenvalue weighted by Crippen LogP contribution is -2.09. The van der Waals surface area contributed by atoms with E-state index in [1.807, 2.05) is 42.5 Å². The molecule has 2 aromatic carbocycles. The Morgan fingerprint density at radius 3 is 2.50 bits per heavy atom. The second-order valence-corrected chi connectivity index (χ2v) is 5.36. The number of benzene rings is 2. The number of nitrogens with two attached hydrogens (primary N) is 1. The molecule has 22 heavy (non-hydrogen) atoms. The van der Waals surface area contributed by atoms with E-state index in [-0.39, 0.29) is 6.61 Å². The molecule has 3 N–H and O–H groups in total. The first kappa shape index (κ1) is 16.1. The highest BCUT2D eigenvalue weighted by molar-refractivity contribution is 7.80. The van der Waals surface area contributed by atoms with E-state index >= 15 is 0 Å². The van der Waals surface area contributed by atoms with E-state index in [1.165, 1.54) is 6.92 Å². The minimum absolute atomic E-state index is 0.0914. The monoisotopic (exact) mass is 321 g/mol. The average molecular weight is 321 g/mol. The maximum absolute atomic E-state index is 9.45. The van der Waals surface area contributed by atoms with E-state index in [0.29, 0.717) is 0 Å². The van der Waals surface area contributed by atoms with Crippen LogP contribution < -0.4 is 10.7 Å². The lowest BCUT2D eigenvalue weighted by Gasteiger charge is -2.02. The van der Waals surface area contributed by atoms with Crippen LogP contribution in [-0.2, 0) is 14.6 Å². The van der Waals surface area contributed by atoms with Crippen molar-refractivity contribution in [2.75, 3.05) is 12.3 Å². The third-order valence-electron chi connectivity index (χ3n) is 2.74. The van der Waals surface area contributed by atoms with Crippen molar-refractivity contribution in [1.29, 1.82) is 0 Å². The van der Waals surface area contributed by atoms with Gasteiger partial charge in [0.1, 0.15) is 16.7 Å². The van der Waals surface area contributed by atoms with Crippen molar-refractivity contribution < 1.29 is 22.1 Å². The predicted molar refractivity (Wildman–Crippen MR) is 81.5 cm³/mol. The van der Waals surface area contributed by atoms with Crippen LogP contribution in [0.25, 0.3) is 22.1 Å². The fourth-order valence-corrected chi connectivity index (χ4v) is 2.16. The van der Waals surface area contributed by atoms with Crippen LogP contribution in [0.1, 0.15) is 6.92 Å². The summed E-state index contributed by atoms with van der Waals surface area (Å²) < 4.78 is 32.0. The lowest BCUT2D eigenvalue weighted by molar-refractivity contribution is -0.310. The summed E-state index contributed by atoms with van der Waals surface area (Å²) in [4.78, 5) is 7.82. The molecular weight excluding hydrogens is 306 g/mol. The summed E-state index contributed by atoms with van der Waals surface area (Å²) in [6, 6.07) is 13.7. The van der Waals surface area contributed by atoms with Crippen molar-refractivity contribution in [2.24, 2.45) is 0 Å². The van der Waals surface area contributed by atoms with Gasteiger partial charge in [-0.25, -0.2) is 13.4 Å². The maximum Gasteiger partial charge on any atom is 0.253 e. The second kappa shape index (κ2) is 6.65. The summed E-state index contributed by atoms with van der Waals surface area (Å²) in [6.07, 6.45) is 0. The number of anilines is 1. The number of aromatic nitrogens is 2. The number of nitrogen functional groups attached to an aromatic ring is 1. The van der Waals surface area contributed by atoms with Gasteiger partial charge in [-0.2, -0.15) is 4.98 Å². The third-order valence-corrected chi connectivity index (χ3v) is 3.27. The van der Waals surface area contributed by atoms with E-state index in [9.17, 15) is 13.0 Å². The molecule has 3 rings (SSSR count). The first-order valence-electron chi connectivity index (χ1n) is 6.47. The molecule has 0 bridgehead atoms. The van der Waals surface area contributed by atoms with Gasteiger partial charge in [0.2, 0.25) is 15.9 Å². The fraction of sp³-hybridized carbons (Fsp3) is 0.143. The highest BCUT2D eigenvalue weighted by atomic mass is 32.3. The van der Waals surface area contributed by atoms with Crippen LogP contribution >= 0.6 is 0 Å². The van der Waals surface area contributed by atoms with Crippen LogP contribution in [0.3, 0.4) is 0 Å². The number of nitrogens with one attached hydrogen (secondary N) is 1. The van der Waals surface area contributed by atoms with Crippen molar-refractivity contribution in [1.82, 2.24) is 4.98 Å². The zero-order chi connectivity index (χ0) is 16.2. The number of para-hydroxylation sites is 3. The van der Waals surface area contributed by atoms with Gasteiger partial charge in [-0.15, -0.1) is 0 Å². The van der Waals surface area contributed by atoms with Gasteiger partial charge in [0.15, 0.2) is 0 Å². The summed E-state index contributed by atoms with van der Waals surface area (Å²) in [7, 11) is -4.42. The minimum atomic E-state index is -4.42. The van der Waals surface area contributed by atoms with Crippen LogP contribution in [0.4, 0.5) is 5.69 Å². The van der Waals surface area contributed by atoms with Crippen molar-refractivity contribution in [3.8, 4) is 0 Å². The number of aromatic amines is 1. The molecule has 0 saturated carbocycles. The van der Waals surface area contributed by atoms with Crippen LogP contribution in [0, 0.1) is 0 Å². The number of rotatable bonds is 2. The zero-order valence-corrected chi connectivity index (χ0v) is 12.6. The van der Waals surface area contributed by atoms with Crippen LogP contribution in [0.5, 0.6) is 0 Å².